The average Bonchev–Trinajstić information content (AvgIpc) is 2.45. The number of hydrogen-bond acceptors (Lipinski definition) is 4. The number of nitrogens with zero attached hydrogens (tertiary/aromatic N) is 1. The van der Waals surface area contributed by atoms with Crippen molar-refractivity contribution in [3.05, 3.63) is 59.9 Å². The second-order valence-corrected chi connectivity index (χ2v) is 6.74. The van der Waals surface area contributed by atoms with Crippen LogP contribution in [0.2, 0.25) is 0 Å². The molecule has 2 aromatic rings. The molecule has 0 fully saturated rings. The van der Waals surface area contributed by atoms with Gasteiger partial charge in [-0.1, -0.05) is 24.3 Å². The third kappa shape index (κ3) is 1.86. The second-order valence-electron chi connectivity index (χ2n) is 4.67. The molecule has 1 aromatic heterocycles. The molecule has 0 aliphatic carbocycles. The molecular weight excluding hydrogens is 262 g/mol. The lowest BCUT2D eigenvalue weighted by atomic mass is 9.84. The van der Waals surface area contributed by atoms with Gasteiger partial charge in [-0.15, -0.1) is 0 Å². The van der Waals surface area contributed by atoms with Crippen molar-refractivity contribution in [1.82, 2.24) is 4.98 Å². The molecule has 0 spiro atoms. The van der Waals surface area contributed by atoms with E-state index in [0.717, 1.165) is 0 Å². The first-order chi connectivity index (χ1) is 9.04. The molecule has 1 atom stereocenters. The number of sulfone groups is 1. The van der Waals surface area contributed by atoms with E-state index in [9.17, 15) is 13.5 Å². The lowest BCUT2D eigenvalue weighted by molar-refractivity contribution is 0.0714. The highest BCUT2D eigenvalue weighted by Gasteiger charge is 2.41. The van der Waals surface area contributed by atoms with Crippen LogP contribution in [-0.4, -0.2) is 24.3 Å². The van der Waals surface area contributed by atoms with Crippen LogP contribution in [0.3, 0.4) is 0 Å². The van der Waals surface area contributed by atoms with Gasteiger partial charge in [0.05, 0.1) is 10.6 Å². The highest BCUT2D eigenvalue weighted by Crippen LogP contribution is 2.41. The third-order valence-corrected chi connectivity index (χ3v) is 5.31. The molecule has 1 aliphatic rings. The van der Waals surface area contributed by atoms with Gasteiger partial charge in [0, 0.05) is 23.5 Å². The van der Waals surface area contributed by atoms with Gasteiger partial charge in [0.2, 0.25) is 0 Å². The molecule has 4 nitrogen and oxygen atoms in total. The molecule has 19 heavy (non-hydrogen) atoms. The van der Waals surface area contributed by atoms with Gasteiger partial charge >= 0.3 is 0 Å². The third-order valence-electron chi connectivity index (χ3n) is 3.54. The van der Waals surface area contributed by atoms with Gasteiger partial charge in [-0.25, -0.2) is 8.42 Å². The Morgan fingerprint density at radius 3 is 2.68 bits per heavy atom. The Hall–Kier alpha value is -1.72. The van der Waals surface area contributed by atoms with Crippen LogP contribution < -0.4 is 0 Å². The molecule has 98 valence electrons. The molecule has 1 N–H and O–H groups in total. The summed E-state index contributed by atoms with van der Waals surface area (Å²) in [6.07, 6.45) is 3.35. The summed E-state index contributed by atoms with van der Waals surface area (Å²) in [6, 6.07) is 10.1. The maximum atomic E-state index is 12.1. The van der Waals surface area contributed by atoms with E-state index in [1.165, 1.54) is 0 Å². The maximum absolute atomic E-state index is 12.1. The van der Waals surface area contributed by atoms with Gasteiger partial charge in [-0.2, -0.15) is 0 Å². The molecule has 3 rings (SSSR count). The van der Waals surface area contributed by atoms with Gasteiger partial charge in [-0.3, -0.25) is 4.98 Å². The summed E-state index contributed by atoms with van der Waals surface area (Å²) in [6.45, 7) is 0. The molecule has 0 saturated heterocycles. The van der Waals surface area contributed by atoms with Crippen molar-refractivity contribution in [1.29, 1.82) is 0 Å². The number of hydrogen-bond donors (Lipinski definition) is 1. The zero-order valence-electron chi connectivity index (χ0n) is 10.2. The van der Waals surface area contributed by atoms with Gasteiger partial charge in [0.15, 0.2) is 9.84 Å². The van der Waals surface area contributed by atoms with E-state index in [1.807, 2.05) is 0 Å². The largest absolute Gasteiger partial charge is 0.380 e. The van der Waals surface area contributed by atoms with E-state index in [1.54, 1.807) is 48.8 Å². The van der Waals surface area contributed by atoms with Crippen molar-refractivity contribution in [2.75, 3.05) is 5.75 Å². The smallest absolute Gasteiger partial charge is 0.178 e. The summed E-state index contributed by atoms with van der Waals surface area (Å²) >= 11 is 0. The van der Waals surface area contributed by atoms with Crippen LogP contribution in [0, 0.1) is 0 Å². The maximum Gasteiger partial charge on any atom is 0.178 e. The van der Waals surface area contributed by atoms with Gasteiger partial charge < -0.3 is 5.11 Å². The average molecular weight is 275 g/mol. The number of aliphatic hydroxyl groups is 1. The Morgan fingerprint density at radius 2 is 1.95 bits per heavy atom. The Bertz CT molecular complexity index is 712. The predicted molar refractivity (Wildman–Crippen MR) is 70.3 cm³/mol. The number of aromatic nitrogens is 1. The highest BCUT2D eigenvalue weighted by atomic mass is 32.2. The molecule has 1 aromatic carbocycles. The standard InChI is InChI=1S/C14H13NO3S/c16-14(11-4-3-8-15-10-11)7-9-19(17,18)13-6-2-1-5-12(13)14/h1-6,8,10,16H,7,9H2. The summed E-state index contributed by atoms with van der Waals surface area (Å²) in [5.41, 5.74) is -0.220. The van der Waals surface area contributed by atoms with Gasteiger partial charge in [0.25, 0.3) is 0 Å². The number of fused-ring (bicyclic) bond motifs is 1. The SMILES string of the molecule is O=S1(=O)CCC(O)(c2cccnc2)c2ccccc21. The van der Waals surface area contributed by atoms with E-state index >= 15 is 0 Å². The topological polar surface area (TPSA) is 67.3 Å². The van der Waals surface area contributed by atoms with Crippen LogP contribution in [0.15, 0.2) is 53.7 Å². The molecule has 0 saturated carbocycles. The quantitative estimate of drug-likeness (QED) is 0.856. The van der Waals surface area contributed by atoms with Gasteiger partial charge in [-0.05, 0) is 18.6 Å². The Balaban J connectivity index is 2.26. The predicted octanol–water partition coefficient (Wildman–Crippen LogP) is 1.49. The molecule has 0 amide bonds. The van der Waals surface area contributed by atoms with Crippen molar-refractivity contribution < 1.29 is 13.5 Å². The van der Waals surface area contributed by atoms with Crippen molar-refractivity contribution >= 4 is 9.84 Å². The van der Waals surface area contributed by atoms with Crippen LogP contribution in [0.25, 0.3) is 0 Å². The number of benzene rings is 1. The first-order valence-electron chi connectivity index (χ1n) is 5.99. The van der Waals surface area contributed by atoms with Crippen LogP contribution in [0.5, 0.6) is 0 Å². The van der Waals surface area contributed by atoms with E-state index in [-0.39, 0.29) is 17.1 Å². The summed E-state index contributed by atoms with van der Waals surface area (Å²) < 4.78 is 24.1. The van der Waals surface area contributed by atoms with Crippen LogP contribution in [0.4, 0.5) is 0 Å². The van der Waals surface area contributed by atoms with Crippen LogP contribution >= 0.6 is 0 Å². The van der Waals surface area contributed by atoms with Gasteiger partial charge in [0.1, 0.15) is 5.60 Å². The summed E-state index contributed by atoms with van der Waals surface area (Å²) in [5, 5.41) is 10.9. The minimum absolute atomic E-state index is 0.0601. The number of pyridine rings is 1. The summed E-state index contributed by atoms with van der Waals surface area (Å²) in [4.78, 5) is 4.22. The van der Waals surface area contributed by atoms with Crippen LogP contribution in [0.1, 0.15) is 17.5 Å². The molecule has 5 heteroatoms. The zero-order chi connectivity index (χ0) is 13.5. The normalized spacial score (nSPS) is 24.7. The molecule has 0 radical (unpaired) electrons. The van der Waals surface area contributed by atoms with Crippen molar-refractivity contribution in [2.24, 2.45) is 0 Å². The molecule has 1 unspecified atom stereocenters. The van der Waals surface area contributed by atoms with Crippen LogP contribution in [-0.2, 0) is 15.4 Å². The molecule has 2 heterocycles. The fraction of sp³-hybridized carbons (Fsp3) is 0.214. The lowest BCUT2D eigenvalue weighted by Crippen LogP contribution is -2.36. The monoisotopic (exact) mass is 275 g/mol. The fourth-order valence-corrected chi connectivity index (χ4v) is 4.16. The van der Waals surface area contributed by atoms with E-state index < -0.39 is 15.4 Å². The van der Waals surface area contributed by atoms with E-state index in [2.05, 4.69) is 4.98 Å². The lowest BCUT2D eigenvalue weighted by Gasteiger charge is -2.34. The summed E-state index contributed by atoms with van der Waals surface area (Å²) in [5.74, 6) is -0.0601. The van der Waals surface area contributed by atoms with Crippen molar-refractivity contribution in [3.63, 3.8) is 0 Å². The Morgan fingerprint density at radius 1 is 1.16 bits per heavy atom. The molecular formula is C14H13NO3S. The summed E-state index contributed by atoms with van der Waals surface area (Å²) in [7, 11) is -3.30. The second kappa shape index (κ2) is 4.15. The first kappa shape index (κ1) is 12.3. The molecule has 0 bridgehead atoms. The van der Waals surface area contributed by atoms with E-state index in [0.29, 0.717) is 11.1 Å². The highest BCUT2D eigenvalue weighted by molar-refractivity contribution is 7.91. The van der Waals surface area contributed by atoms with Crippen molar-refractivity contribution in [3.8, 4) is 0 Å². The number of rotatable bonds is 1. The van der Waals surface area contributed by atoms with Crippen molar-refractivity contribution in [2.45, 2.75) is 16.9 Å². The zero-order valence-corrected chi connectivity index (χ0v) is 11.0. The minimum atomic E-state index is -3.30. The Labute approximate surface area is 111 Å². The molecule has 1 aliphatic heterocycles. The minimum Gasteiger partial charge on any atom is -0.380 e. The Kier molecular flexibility index (Phi) is 2.69. The fourth-order valence-electron chi connectivity index (χ4n) is 2.51. The first-order valence-corrected chi connectivity index (χ1v) is 7.64. The van der Waals surface area contributed by atoms with E-state index in [4.69, 9.17) is 0 Å².